The molecule has 0 atom stereocenters. The van der Waals surface area contributed by atoms with Crippen molar-refractivity contribution in [1.82, 2.24) is 0 Å². The number of nitrogens with zero attached hydrogens (tertiary/aromatic N) is 1. The molecule has 0 spiro atoms. The zero-order valence-corrected chi connectivity index (χ0v) is 10.2. The van der Waals surface area contributed by atoms with E-state index in [1.165, 1.54) is 0 Å². The van der Waals surface area contributed by atoms with Crippen LogP contribution in [0.2, 0.25) is 12.6 Å². The van der Waals surface area contributed by atoms with Gasteiger partial charge in [0, 0.05) is 20.8 Å². The van der Waals surface area contributed by atoms with Gasteiger partial charge >= 0.3 is 8.56 Å². The summed E-state index contributed by atoms with van der Waals surface area (Å²) in [6.07, 6.45) is 4.03. The molecule has 13 heavy (non-hydrogen) atoms. The average Bonchev–Trinajstić information content (AvgIpc) is 2.17. The number of hydrogen-bond acceptors (Lipinski definition) is 3. The Kier molecular flexibility index (Phi) is 7.13. The maximum Gasteiger partial charge on any atom is 0.334 e. The summed E-state index contributed by atoms with van der Waals surface area (Å²) < 4.78 is 10.7. The van der Waals surface area contributed by atoms with Crippen molar-refractivity contribution in [2.75, 3.05) is 20.8 Å². The Labute approximate surface area is 82.4 Å². The Hall–Kier alpha value is -0.193. The van der Waals surface area contributed by atoms with Crippen LogP contribution in [-0.2, 0) is 8.85 Å². The summed E-state index contributed by atoms with van der Waals surface area (Å²) in [6.45, 7) is 5.06. The highest BCUT2D eigenvalue weighted by molar-refractivity contribution is 6.65. The lowest BCUT2D eigenvalue weighted by molar-refractivity contribution is 0.249. The Bertz CT molecular complexity index is 147. The van der Waals surface area contributed by atoms with E-state index in [1.807, 2.05) is 6.21 Å². The zero-order chi connectivity index (χ0) is 10.2. The van der Waals surface area contributed by atoms with Crippen LogP contribution in [0.15, 0.2) is 4.99 Å². The summed E-state index contributed by atoms with van der Waals surface area (Å²) in [7, 11) is 1.62. The highest BCUT2D eigenvalue weighted by atomic mass is 28.4. The molecule has 0 aromatic heterocycles. The topological polar surface area (TPSA) is 30.8 Å². The first kappa shape index (κ1) is 12.8. The minimum atomic E-state index is -1.83. The zero-order valence-electron chi connectivity index (χ0n) is 9.17. The van der Waals surface area contributed by atoms with Crippen molar-refractivity contribution in [3.8, 4) is 0 Å². The van der Waals surface area contributed by atoms with Crippen molar-refractivity contribution >= 4 is 14.8 Å². The summed E-state index contributed by atoms with van der Waals surface area (Å²) in [6, 6.07) is 1.01. The fourth-order valence-electron chi connectivity index (χ4n) is 0.999. The predicted octanol–water partition coefficient (Wildman–Crippen LogP) is 2.22. The molecule has 0 unspecified atom stereocenters. The summed E-state index contributed by atoms with van der Waals surface area (Å²) in [4.78, 5) is 4.25. The third-order valence-corrected chi connectivity index (χ3v) is 5.08. The second kappa shape index (κ2) is 7.23. The second-order valence-corrected chi connectivity index (χ2v) is 6.73. The van der Waals surface area contributed by atoms with E-state index in [2.05, 4.69) is 18.5 Å². The Morgan fingerprint density at radius 2 is 1.92 bits per heavy atom. The smallest absolute Gasteiger partial charge is 0.334 e. The largest absolute Gasteiger partial charge is 0.398 e. The molecule has 4 heteroatoms. The molecule has 0 aliphatic rings. The minimum absolute atomic E-state index is 0.892. The maximum atomic E-state index is 5.36. The monoisotopic (exact) mass is 203 g/mol. The fraction of sp³-hybridized carbons (Fsp3) is 0.889. The molecule has 0 aromatic rings. The first-order valence-corrected chi connectivity index (χ1v) is 7.29. The predicted molar refractivity (Wildman–Crippen MR) is 58.7 cm³/mol. The molecule has 0 heterocycles. The average molecular weight is 203 g/mol. The molecule has 0 saturated heterocycles. The van der Waals surface area contributed by atoms with Crippen molar-refractivity contribution < 1.29 is 8.85 Å². The van der Waals surface area contributed by atoms with Gasteiger partial charge in [0.1, 0.15) is 0 Å². The third kappa shape index (κ3) is 5.96. The molecule has 0 fully saturated rings. The van der Waals surface area contributed by atoms with E-state index in [0.29, 0.717) is 0 Å². The summed E-state index contributed by atoms with van der Waals surface area (Å²) in [5, 5.41) is 0. The molecule has 0 N–H and O–H groups in total. The van der Waals surface area contributed by atoms with Crippen molar-refractivity contribution in [3.63, 3.8) is 0 Å². The maximum absolute atomic E-state index is 5.36. The number of aliphatic imine (C=N–C) groups is 1. The number of rotatable bonds is 7. The van der Waals surface area contributed by atoms with E-state index in [9.17, 15) is 0 Å². The molecule has 0 bridgehead atoms. The third-order valence-electron chi connectivity index (χ3n) is 2.09. The van der Waals surface area contributed by atoms with Crippen LogP contribution in [0, 0.1) is 0 Å². The quantitative estimate of drug-likeness (QED) is 0.361. The van der Waals surface area contributed by atoms with Gasteiger partial charge in [-0.25, -0.2) is 0 Å². The normalized spacial score (nSPS) is 12.6. The Morgan fingerprint density at radius 1 is 1.31 bits per heavy atom. The lowest BCUT2D eigenvalue weighted by atomic mass is 10.5. The molecule has 0 rings (SSSR count). The van der Waals surface area contributed by atoms with Crippen molar-refractivity contribution in [2.45, 2.75) is 32.4 Å². The SMILES string of the molecule is CCC=NCCC[Si](C)(OC)OC. The van der Waals surface area contributed by atoms with Crippen LogP contribution in [0.5, 0.6) is 0 Å². The molecule has 3 nitrogen and oxygen atoms in total. The van der Waals surface area contributed by atoms with Crippen LogP contribution in [0.4, 0.5) is 0 Å². The molecule has 0 amide bonds. The Balaban J connectivity index is 3.55. The van der Waals surface area contributed by atoms with Gasteiger partial charge in [-0.1, -0.05) is 6.92 Å². The van der Waals surface area contributed by atoms with E-state index in [-0.39, 0.29) is 0 Å². The highest BCUT2D eigenvalue weighted by Gasteiger charge is 2.27. The molecule has 0 aromatic carbocycles. The molecular formula is C9H21NO2Si. The lowest BCUT2D eigenvalue weighted by Gasteiger charge is -2.21. The van der Waals surface area contributed by atoms with Crippen molar-refractivity contribution in [1.29, 1.82) is 0 Å². The van der Waals surface area contributed by atoms with Gasteiger partial charge in [-0.15, -0.1) is 0 Å². The van der Waals surface area contributed by atoms with Crippen LogP contribution in [0.25, 0.3) is 0 Å². The standard InChI is InChI=1S/C9H21NO2Si/c1-5-7-10-8-6-9-13(4,11-2)12-3/h7H,5-6,8-9H2,1-4H3. The molecular weight excluding hydrogens is 182 g/mol. The molecule has 0 aliphatic heterocycles. The lowest BCUT2D eigenvalue weighted by Crippen LogP contribution is -2.35. The van der Waals surface area contributed by atoms with Crippen molar-refractivity contribution in [3.05, 3.63) is 0 Å². The van der Waals surface area contributed by atoms with E-state index in [1.54, 1.807) is 14.2 Å². The molecule has 78 valence electrons. The van der Waals surface area contributed by atoms with Gasteiger partial charge in [0.05, 0.1) is 0 Å². The minimum Gasteiger partial charge on any atom is -0.398 e. The highest BCUT2D eigenvalue weighted by Crippen LogP contribution is 2.13. The van der Waals surface area contributed by atoms with Crippen LogP contribution < -0.4 is 0 Å². The van der Waals surface area contributed by atoms with Gasteiger partial charge in [0.25, 0.3) is 0 Å². The van der Waals surface area contributed by atoms with Gasteiger partial charge < -0.3 is 8.85 Å². The van der Waals surface area contributed by atoms with Gasteiger partial charge in [0.15, 0.2) is 0 Å². The van der Waals surface area contributed by atoms with Gasteiger partial charge in [0.2, 0.25) is 0 Å². The molecule has 0 saturated carbocycles. The molecule has 0 aliphatic carbocycles. The summed E-state index contributed by atoms with van der Waals surface area (Å²) in [5.74, 6) is 0. The fourth-order valence-corrected chi connectivity index (χ4v) is 2.37. The van der Waals surface area contributed by atoms with E-state index >= 15 is 0 Å². The van der Waals surface area contributed by atoms with Crippen molar-refractivity contribution in [2.24, 2.45) is 4.99 Å². The first-order chi connectivity index (χ1) is 6.18. The number of hydrogen-bond donors (Lipinski definition) is 0. The second-order valence-electron chi connectivity index (χ2n) is 3.14. The van der Waals surface area contributed by atoms with Crippen LogP contribution in [0.1, 0.15) is 19.8 Å². The summed E-state index contributed by atoms with van der Waals surface area (Å²) in [5.41, 5.74) is 0. The van der Waals surface area contributed by atoms with E-state index < -0.39 is 8.56 Å². The molecule has 0 radical (unpaired) electrons. The van der Waals surface area contributed by atoms with Crippen LogP contribution in [0.3, 0.4) is 0 Å². The van der Waals surface area contributed by atoms with Crippen LogP contribution >= 0.6 is 0 Å². The Morgan fingerprint density at radius 3 is 2.38 bits per heavy atom. The van der Waals surface area contributed by atoms with Gasteiger partial charge in [-0.3, -0.25) is 4.99 Å². The van der Waals surface area contributed by atoms with Gasteiger partial charge in [-0.05, 0) is 31.6 Å². The summed E-state index contributed by atoms with van der Waals surface area (Å²) >= 11 is 0. The first-order valence-electron chi connectivity index (χ1n) is 4.77. The van der Waals surface area contributed by atoms with E-state index in [0.717, 1.165) is 25.4 Å². The van der Waals surface area contributed by atoms with Crippen LogP contribution in [-0.4, -0.2) is 35.5 Å². The van der Waals surface area contributed by atoms with E-state index in [4.69, 9.17) is 8.85 Å². The van der Waals surface area contributed by atoms with Gasteiger partial charge in [-0.2, -0.15) is 0 Å².